The second-order valence-corrected chi connectivity index (χ2v) is 6.24. The molecule has 18 heavy (non-hydrogen) atoms. The van der Waals surface area contributed by atoms with Crippen LogP contribution in [0.3, 0.4) is 0 Å². The summed E-state index contributed by atoms with van der Waals surface area (Å²) in [6, 6.07) is 0.692. The highest BCUT2D eigenvalue weighted by Gasteiger charge is 2.26. The number of hydrogen-bond donors (Lipinski definition) is 0. The molecule has 3 heteroatoms. The summed E-state index contributed by atoms with van der Waals surface area (Å²) in [6.45, 7) is 3.40. The summed E-state index contributed by atoms with van der Waals surface area (Å²) in [4.78, 5) is 16.9. The third-order valence-electron chi connectivity index (χ3n) is 4.75. The number of hydrogen-bond acceptors (Lipinski definition) is 3. The van der Waals surface area contributed by atoms with Crippen LogP contribution < -0.4 is 0 Å². The molecule has 2 aliphatic rings. The number of piperidine rings is 1. The van der Waals surface area contributed by atoms with Gasteiger partial charge in [-0.25, -0.2) is 0 Å². The van der Waals surface area contributed by atoms with Gasteiger partial charge >= 0.3 is 0 Å². The molecule has 3 nitrogen and oxygen atoms in total. The van der Waals surface area contributed by atoms with Crippen LogP contribution in [-0.4, -0.2) is 55.4 Å². The van der Waals surface area contributed by atoms with Gasteiger partial charge in [0.05, 0.1) is 0 Å². The number of ketones is 1. The minimum absolute atomic E-state index is 0.317. The minimum Gasteiger partial charge on any atom is -0.306 e. The van der Waals surface area contributed by atoms with E-state index in [9.17, 15) is 4.79 Å². The molecule has 0 amide bonds. The second kappa shape index (κ2) is 6.67. The highest BCUT2D eigenvalue weighted by atomic mass is 16.1. The zero-order chi connectivity index (χ0) is 13.0. The summed E-state index contributed by atoms with van der Waals surface area (Å²) in [5.74, 6) is 0.837. The molecule has 0 aromatic heterocycles. The first-order chi connectivity index (χ1) is 8.66. The fraction of sp³-hybridized carbons (Fsp3) is 0.933. The molecule has 1 heterocycles. The van der Waals surface area contributed by atoms with Gasteiger partial charge in [0.2, 0.25) is 0 Å². The Kier molecular flexibility index (Phi) is 5.19. The van der Waals surface area contributed by atoms with Crippen LogP contribution in [0.2, 0.25) is 0 Å². The average molecular weight is 252 g/mol. The highest BCUT2D eigenvalue weighted by molar-refractivity contribution is 5.81. The lowest BCUT2D eigenvalue weighted by atomic mass is 9.96. The van der Waals surface area contributed by atoms with Crippen molar-refractivity contribution in [1.82, 2.24) is 9.80 Å². The summed E-state index contributed by atoms with van der Waals surface area (Å²) in [6.07, 6.45) is 8.08. The second-order valence-electron chi connectivity index (χ2n) is 6.24. The molecule has 1 aliphatic carbocycles. The summed E-state index contributed by atoms with van der Waals surface area (Å²) >= 11 is 0. The third kappa shape index (κ3) is 3.79. The lowest BCUT2D eigenvalue weighted by molar-refractivity contribution is -0.123. The molecular weight excluding hydrogens is 224 g/mol. The number of likely N-dealkylation sites (tertiary alicyclic amines) is 1. The van der Waals surface area contributed by atoms with Crippen molar-refractivity contribution in [2.24, 2.45) is 5.92 Å². The Balaban J connectivity index is 1.82. The number of carbonyl (C=O) groups is 1. The monoisotopic (exact) mass is 252 g/mol. The van der Waals surface area contributed by atoms with E-state index in [2.05, 4.69) is 23.9 Å². The summed E-state index contributed by atoms with van der Waals surface area (Å²) in [7, 11) is 4.42. The van der Waals surface area contributed by atoms with E-state index in [1.165, 1.54) is 38.8 Å². The molecule has 0 N–H and O–H groups in total. The highest BCUT2D eigenvalue weighted by Crippen LogP contribution is 2.23. The van der Waals surface area contributed by atoms with Crippen molar-refractivity contribution < 1.29 is 4.79 Å². The van der Waals surface area contributed by atoms with Gasteiger partial charge in [-0.3, -0.25) is 4.79 Å². The zero-order valence-electron chi connectivity index (χ0n) is 12.0. The first-order valence-electron chi connectivity index (χ1n) is 7.58. The van der Waals surface area contributed by atoms with E-state index in [0.717, 1.165) is 25.8 Å². The Bertz CT molecular complexity index is 272. The molecule has 0 bridgehead atoms. The molecular formula is C15H28N2O. The van der Waals surface area contributed by atoms with E-state index < -0.39 is 0 Å². The van der Waals surface area contributed by atoms with Crippen molar-refractivity contribution in [2.75, 3.05) is 33.7 Å². The quantitative estimate of drug-likeness (QED) is 0.719. The van der Waals surface area contributed by atoms with Crippen LogP contribution in [-0.2, 0) is 4.79 Å². The summed E-state index contributed by atoms with van der Waals surface area (Å²) < 4.78 is 0. The molecule has 1 saturated carbocycles. The van der Waals surface area contributed by atoms with Crippen molar-refractivity contribution in [3.8, 4) is 0 Å². The topological polar surface area (TPSA) is 23.6 Å². The van der Waals surface area contributed by atoms with Crippen molar-refractivity contribution in [3.05, 3.63) is 0 Å². The minimum atomic E-state index is 0.317. The Labute approximate surface area is 112 Å². The van der Waals surface area contributed by atoms with E-state index in [-0.39, 0.29) is 0 Å². The smallest absolute Gasteiger partial charge is 0.137 e. The van der Waals surface area contributed by atoms with E-state index in [0.29, 0.717) is 17.7 Å². The number of carbonyl (C=O) groups excluding carboxylic acids is 1. The van der Waals surface area contributed by atoms with Crippen molar-refractivity contribution in [1.29, 1.82) is 0 Å². The standard InChI is InChI=1S/C15H28N2O/c1-16-10-8-14(9-11-16)17(2)12-13-6-4-3-5-7-15(13)18/h13-14H,3-12H2,1-2H3. The van der Waals surface area contributed by atoms with Gasteiger partial charge in [-0.2, -0.15) is 0 Å². The van der Waals surface area contributed by atoms with Gasteiger partial charge in [0.15, 0.2) is 0 Å². The predicted molar refractivity (Wildman–Crippen MR) is 74.7 cm³/mol. The fourth-order valence-corrected chi connectivity index (χ4v) is 3.36. The van der Waals surface area contributed by atoms with E-state index in [1.807, 2.05) is 0 Å². The van der Waals surface area contributed by atoms with Crippen molar-refractivity contribution in [2.45, 2.75) is 51.0 Å². The number of rotatable bonds is 3. The Morgan fingerprint density at radius 1 is 1.17 bits per heavy atom. The summed E-state index contributed by atoms with van der Waals surface area (Å²) in [5, 5.41) is 0. The van der Waals surface area contributed by atoms with Crippen LogP contribution in [0, 0.1) is 5.92 Å². The van der Waals surface area contributed by atoms with E-state index in [4.69, 9.17) is 0 Å². The lowest BCUT2D eigenvalue weighted by Crippen LogP contribution is -2.44. The summed E-state index contributed by atoms with van der Waals surface area (Å²) in [5.41, 5.74) is 0. The van der Waals surface area contributed by atoms with Crippen LogP contribution in [0.25, 0.3) is 0 Å². The fourth-order valence-electron chi connectivity index (χ4n) is 3.36. The Hall–Kier alpha value is -0.410. The van der Waals surface area contributed by atoms with Crippen LogP contribution in [0.15, 0.2) is 0 Å². The Morgan fingerprint density at radius 2 is 1.89 bits per heavy atom. The molecule has 1 aliphatic heterocycles. The predicted octanol–water partition coefficient (Wildman–Crippen LogP) is 2.16. The van der Waals surface area contributed by atoms with Gasteiger partial charge in [0.25, 0.3) is 0 Å². The molecule has 2 fully saturated rings. The van der Waals surface area contributed by atoms with Gasteiger partial charge < -0.3 is 9.80 Å². The molecule has 1 unspecified atom stereocenters. The van der Waals surface area contributed by atoms with Crippen LogP contribution in [0.5, 0.6) is 0 Å². The lowest BCUT2D eigenvalue weighted by Gasteiger charge is -2.36. The van der Waals surface area contributed by atoms with Gasteiger partial charge in [0.1, 0.15) is 5.78 Å². The molecule has 104 valence electrons. The molecule has 2 rings (SSSR count). The van der Waals surface area contributed by atoms with Crippen molar-refractivity contribution in [3.63, 3.8) is 0 Å². The Morgan fingerprint density at radius 3 is 2.61 bits per heavy atom. The van der Waals surface area contributed by atoms with Crippen LogP contribution in [0.4, 0.5) is 0 Å². The first-order valence-corrected chi connectivity index (χ1v) is 7.58. The largest absolute Gasteiger partial charge is 0.306 e. The van der Waals surface area contributed by atoms with Gasteiger partial charge in [-0.1, -0.05) is 12.8 Å². The van der Waals surface area contributed by atoms with E-state index in [1.54, 1.807) is 0 Å². The first kappa shape index (κ1) is 14.0. The number of Topliss-reactive ketones (excluding diaryl/α,β-unsaturated/α-hetero) is 1. The maximum atomic E-state index is 12.0. The molecule has 0 aromatic rings. The normalized spacial score (nSPS) is 28.6. The molecule has 0 aromatic carbocycles. The SMILES string of the molecule is CN1CCC(N(C)CC2CCCCCC2=O)CC1. The van der Waals surface area contributed by atoms with Crippen LogP contribution >= 0.6 is 0 Å². The van der Waals surface area contributed by atoms with Crippen LogP contribution in [0.1, 0.15) is 44.9 Å². The average Bonchev–Trinajstić information content (AvgIpc) is 2.56. The third-order valence-corrected chi connectivity index (χ3v) is 4.75. The maximum absolute atomic E-state index is 12.0. The van der Waals surface area contributed by atoms with E-state index >= 15 is 0 Å². The van der Waals surface area contributed by atoms with Gasteiger partial charge in [-0.05, 0) is 52.9 Å². The molecule has 0 spiro atoms. The van der Waals surface area contributed by atoms with Gasteiger partial charge in [0, 0.05) is 24.9 Å². The zero-order valence-corrected chi connectivity index (χ0v) is 12.0. The number of nitrogens with zero attached hydrogens (tertiary/aromatic N) is 2. The molecule has 1 atom stereocenters. The van der Waals surface area contributed by atoms with Gasteiger partial charge in [-0.15, -0.1) is 0 Å². The van der Waals surface area contributed by atoms with Crippen molar-refractivity contribution >= 4 is 5.78 Å². The molecule has 0 radical (unpaired) electrons. The molecule has 1 saturated heterocycles. The maximum Gasteiger partial charge on any atom is 0.137 e.